The number of rotatable bonds is 3. The van der Waals surface area contributed by atoms with E-state index in [0.717, 1.165) is 31.7 Å². The van der Waals surface area contributed by atoms with Gasteiger partial charge >= 0.3 is 6.18 Å². The van der Waals surface area contributed by atoms with Gasteiger partial charge in [-0.05, 0) is 31.0 Å². The summed E-state index contributed by atoms with van der Waals surface area (Å²) in [4.78, 5) is 0. The van der Waals surface area contributed by atoms with E-state index in [1.165, 1.54) is 12.1 Å². The van der Waals surface area contributed by atoms with Crippen LogP contribution in [0.5, 0.6) is 0 Å². The number of halogens is 3. The molecule has 1 aromatic carbocycles. The van der Waals surface area contributed by atoms with E-state index in [0.29, 0.717) is 5.69 Å². The lowest BCUT2D eigenvalue weighted by Crippen LogP contribution is -2.37. The van der Waals surface area contributed by atoms with Crippen molar-refractivity contribution in [3.63, 3.8) is 0 Å². The minimum absolute atomic E-state index is 0.00207. The van der Waals surface area contributed by atoms with Gasteiger partial charge in [0.25, 0.3) is 0 Å². The van der Waals surface area contributed by atoms with Gasteiger partial charge < -0.3 is 10.1 Å². The van der Waals surface area contributed by atoms with Crippen LogP contribution in [0, 0.1) is 11.3 Å². The van der Waals surface area contributed by atoms with Crippen molar-refractivity contribution in [1.29, 1.82) is 5.26 Å². The molecule has 1 aliphatic rings. The van der Waals surface area contributed by atoms with E-state index >= 15 is 0 Å². The predicted molar refractivity (Wildman–Crippen MR) is 72.8 cm³/mol. The Morgan fingerprint density at radius 3 is 2.62 bits per heavy atom. The summed E-state index contributed by atoms with van der Waals surface area (Å²) in [6.07, 6.45) is -0.673. The van der Waals surface area contributed by atoms with Crippen LogP contribution in [0.2, 0.25) is 0 Å². The maximum absolute atomic E-state index is 12.9. The van der Waals surface area contributed by atoms with Crippen LogP contribution in [0.3, 0.4) is 0 Å². The molecule has 2 unspecified atom stereocenters. The highest BCUT2D eigenvalue weighted by Crippen LogP contribution is 2.34. The third-order valence-corrected chi connectivity index (χ3v) is 3.80. The van der Waals surface area contributed by atoms with Gasteiger partial charge in [0.2, 0.25) is 0 Å². The molecule has 3 nitrogen and oxygen atoms in total. The Hall–Kier alpha value is -1.74. The zero-order chi connectivity index (χ0) is 15.5. The smallest absolute Gasteiger partial charge is 0.380 e. The summed E-state index contributed by atoms with van der Waals surface area (Å²) in [6, 6.07) is 5.29. The molecule has 1 N–H and O–H groups in total. The quantitative estimate of drug-likeness (QED) is 0.919. The summed E-state index contributed by atoms with van der Waals surface area (Å²) >= 11 is 0. The predicted octanol–water partition coefficient (Wildman–Crippen LogP) is 3.95. The molecule has 114 valence electrons. The molecule has 0 aliphatic heterocycles. The Bertz CT molecular complexity index is 537. The second-order valence-electron chi connectivity index (χ2n) is 5.18. The highest BCUT2D eigenvalue weighted by atomic mass is 19.4. The molecule has 2 rings (SSSR count). The molecule has 0 spiro atoms. The van der Waals surface area contributed by atoms with E-state index in [-0.39, 0.29) is 17.7 Å². The van der Waals surface area contributed by atoms with Gasteiger partial charge in [0.1, 0.15) is 0 Å². The van der Waals surface area contributed by atoms with Gasteiger partial charge in [-0.15, -0.1) is 0 Å². The molecule has 1 saturated carbocycles. The van der Waals surface area contributed by atoms with Crippen molar-refractivity contribution in [1.82, 2.24) is 0 Å². The first-order chi connectivity index (χ1) is 9.95. The Kier molecular flexibility index (Phi) is 4.73. The van der Waals surface area contributed by atoms with Gasteiger partial charge in [-0.1, -0.05) is 12.8 Å². The average Bonchev–Trinajstić information content (AvgIpc) is 2.47. The summed E-state index contributed by atoms with van der Waals surface area (Å²) < 4.78 is 44.2. The number of benzene rings is 1. The number of anilines is 1. The van der Waals surface area contributed by atoms with Crippen LogP contribution >= 0.6 is 0 Å². The van der Waals surface area contributed by atoms with Crippen molar-refractivity contribution in [3.05, 3.63) is 29.3 Å². The highest BCUT2D eigenvalue weighted by molar-refractivity contribution is 5.53. The number of nitriles is 1. The second-order valence-corrected chi connectivity index (χ2v) is 5.18. The molecule has 2 atom stereocenters. The summed E-state index contributed by atoms with van der Waals surface area (Å²) in [7, 11) is 1.62. The van der Waals surface area contributed by atoms with Gasteiger partial charge in [-0.2, -0.15) is 18.4 Å². The molecule has 0 radical (unpaired) electrons. The lowest BCUT2D eigenvalue weighted by molar-refractivity contribution is -0.137. The fourth-order valence-corrected chi connectivity index (χ4v) is 2.72. The Morgan fingerprint density at radius 2 is 2.00 bits per heavy atom. The zero-order valence-electron chi connectivity index (χ0n) is 11.7. The van der Waals surface area contributed by atoms with Crippen LogP contribution < -0.4 is 5.32 Å². The lowest BCUT2D eigenvalue weighted by atomic mass is 9.92. The molecule has 0 saturated heterocycles. The molecular formula is C15H17F3N2O. The van der Waals surface area contributed by atoms with E-state index < -0.39 is 11.7 Å². The number of methoxy groups -OCH3 is 1. The van der Waals surface area contributed by atoms with Crippen LogP contribution in [-0.4, -0.2) is 19.3 Å². The first kappa shape index (κ1) is 15.6. The number of nitrogens with zero attached hydrogens (tertiary/aromatic N) is 1. The maximum Gasteiger partial charge on any atom is 0.417 e. The number of alkyl halides is 3. The molecule has 0 heterocycles. The van der Waals surface area contributed by atoms with Crippen LogP contribution in [0.1, 0.15) is 36.8 Å². The summed E-state index contributed by atoms with van der Waals surface area (Å²) in [5, 5.41) is 11.9. The second kappa shape index (κ2) is 6.35. The van der Waals surface area contributed by atoms with Crippen molar-refractivity contribution in [3.8, 4) is 6.07 Å². The third-order valence-electron chi connectivity index (χ3n) is 3.80. The summed E-state index contributed by atoms with van der Waals surface area (Å²) in [6.45, 7) is 0. The van der Waals surface area contributed by atoms with Crippen LogP contribution in [0.25, 0.3) is 0 Å². The number of hydrogen-bond acceptors (Lipinski definition) is 3. The van der Waals surface area contributed by atoms with Crippen molar-refractivity contribution < 1.29 is 17.9 Å². The van der Waals surface area contributed by atoms with Gasteiger partial charge in [0, 0.05) is 12.8 Å². The maximum atomic E-state index is 12.9. The van der Waals surface area contributed by atoms with Crippen LogP contribution in [0.15, 0.2) is 18.2 Å². The molecule has 0 aromatic heterocycles. The topological polar surface area (TPSA) is 45.0 Å². The van der Waals surface area contributed by atoms with Crippen LogP contribution in [-0.2, 0) is 10.9 Å². The van der Waals surface area contributed by atoms with Crippen LogP contribution in [0.4, 0.5) is 18.9 Å². The lowest BCUT2D eigenvalue weighted by Gasteiger charge is -2.32. The van der Waals surface area contributed by atoms with E-state index in [2.05, 4.69) is 5.32 Å². The summed E-state index contributed by atoms with van der Waals surface area (Å²) in [5.41, 5.74) is -0.893. The normalized spacial score (nSPS) is 22.6. The fourth-order valence-electron chi connectivity index (χ4n) is 2.72. The fraction of sp³-hybridized carbons (Fsp3) is 0.533. The number of nitrogens with one attached hydrogen (secondary N) is 1. The van der Waals surface area contributed by atoms with Crippen molar-refractivity contribution in [2.45, 2.75) is 44.0 Å². The first-order valence-electron chi connectivity index (χ1n) is 6.86. The molecule has 0 amide bonds. The minimum atomic E-state index is -4.53. The van der Waals surface area contributed by atoms with E-state index in [9.17, 15) is 13.2 Å². The van der Waals surface area contributed by atoms with Crippen molar-refractivity contribution in [2.75, 3.05) is 12.4 Å². The van der Waals surface area contributed by atoms with Gasteiger partial charge in [0.05, 0.1) is 29.3 Å². The molecule has 6 heteroatoms. The average molecular weight is 298 g/mol. The molecule has 1 fully saturated rings. The van der Waals surface area contributed by atoms with Gasteiger partial charge in [-0.3, -0.25) is 0 Å². The Labute approximate surface area is 121 Å². The Morgan fingerprint density at radius 1 is 1.29 bits per heavy atom. The number of hydrogen-bond donors (Lipinski definition) is 1. The van der Waals surface area contributed by atoms with Crippen molar-refractivity contribution >= 4 is 5.69 Å². The molecule has 1 aliphatic carbocycles. The van der Waals surface area contributed by atoms with Gasteiger partial charge in [-0.25, -0.2) is 0 Å². The van der Waals surface area contributed by atoms with Gasteiger partial charge in [0.15, 0.2) is 0 Å². The van der Waals surface area contributed by atoms with E-state index in [4.69, 9.17) is 10.00 Å². The summed E-state index contributed by atoms with van der Waals surface area (Å²) in [5.74, 6) is 0. The molecule has 0 bridgehead atoms. The molecular weight excluding hydrogens is 281 g/mol. The largest absolute Gasteiger partial charge is 0.417 e. The van der Waals surface area contributed by atoms with Crippen molar-refractivity contribution in [2.24, 2.45) is 0 Å². The van der Waals surface area contributed by atoms with E-state index in [1.807, 2.05) is 0 Å². The molecule has 21 heavy (non-hydrogen) atoms. The minimum Gasteiger partial charge on any atom is -0.380 e. The number of ether oxygens (including phenoxy) is 1. The molecule has 1 aromatic rings. The third kappa shape index (κ3) is 3.67. The standard InChI is InChI=1S/C15H17F3N2O/c1-21-14-5-3-2-4-13(14)20-11-7-6-10(9-19)12(8-11)15(16,17)18/h6-8,13-14,20H,2-5H2,1H3. The first-order valence-corrected chi connectivity index (χ1v) is 6.86. The zero-order valence-corrected chi connectivity index (χ0v) is 11.7. The monoisotopic (exact) mass is 298 g/mol. The Balaban J connectivity index is 2.23. The highest BCUT2D eigenvalue weighted by Gasteiger charge is 2.34. The van der Waals surface area contributed by atoms with E-state index in [1.54, 1.807) is 13.2 Å². The SMILES string of the molecule is COC1CCCCC1Nc1ccc(C#N)c(C(F)(F)F)c1.